The van der Waals surface area contributed by atoms with Crippen LogP contribution in [0.5, 0.6) is 0 Å². The van der Waals surface area contributed by atoms with Crippen molar-refractivity contribution in [3.05, 3.63) is 34.9 Å². The number of alkyl halides is 1. The molecule has 2 aliphatic rings. The molecule has 6 heteroatoms. The van der Waals surface area contributed by atoms with Crippen LogP contribution in [0.15, 0.2) is 24.3 Å². The molecule has 1 heterocycles. The summed E-state index contributed by atoms with van der Waals surface area (Å²) in [7, 11) is 0. The maximum Gasteiger partial charge on any atom is 0.236 e. The fourth-order valence-corrected chi connectivity index (χ4v) is 4.09. The maximum absolute atomic E-state index is 12.4. The molecule has 1 saturated carbocycles. The van der Waals surface area contributed by atoms with E-state index in [0.717, 1.165) is 56.2 Å². The minimum atomic E-state index is -0.358. The monoisotopic (exact) mass is 400 g/mol. The molecule has 4 nitrogen and oxygen atoms in total. The van der Waals surface area contributed by atoms with Crippen LogP contribution < -0.4 is 5.32 Å². The second kappa shape index (κ2) is 7.51. The van der Waals surface area contributed by atoms with Crippen molar-refractivity contribution in [1.82, 2.24) is 10.2 Å². The number of nitrogens with one attached hydrogen (secondary N) is 1. The minimum absolute atomic E-state index is 0.0766. The fourth-order valence-electron chi connectivity index (χ4n) is 3.13. The van der Waals surface area contributed by atoms with Crippen LogP contribution in [0.2, 0.25) is 5.02 Å². The first-order valence-corrected chi connectivity index (χ1v) is 9.31. The summed E-state index contributed by atoms with van der Waals surface area (Å²) in [4.78, 5) is 14.8. The average molecular weight is 402 g/mol. The van der Waals surface area contributed by atoms with Crippen molar-refractivity contribution in [2.45, 2.75) is 29.6 Å². The van der Waals surface area contributed by atoms with Gasteiger partial charge in [0.15, 0.2) is 0 Å². The number of halogens is 2. The van der Waals surface area contributed by atoms with Gasteiger partial charge < -0.3 is 10.1 Å². The van der Waals surface area contributed by atoms with E-state index in [1.165, 1.54) is 0 Å². The Morgan fingerprint density at radius 3 is 2.65 bits per heavy atom. The van der Waals surface area contributed by atoms with Crippen LogP contribution in [0.4, 0.5) is 0 Å². The Kier molecular flexibility index (Phi) is 5.62. The van der Waals surface area contributed by atoms with Gasteiger partial charge in [-0.25, -0.2) is 0 Å². The number of benzene rings is 1. The molecule has 1 atom stereocenters. The van der Waals surface area contributed by atoms with Crippen molar-refractivity contribution < 1.29 is 9.53 Å². The van der Waals surface area contributed by atoms with Crippen LogP contribution in [-0.4, -0.2) is 48.0 Å². The van der Waals surface area contributed by atoms with Crippen LogP contribution in [0, 0.1) is 0 Å². The molecule has 0 bridgehead atoms. The van der Waals surface area contributed by atoms with E-state index in [0.29, 0.717) is 6.54 Å². The Labute approximate surface area is 150 Å². The Bertz CT molecular complexity index is 559. The first kappa shape index (κ1) is 17.2. The number of rotatable bonds is 5. The summed E-state index contributed by atoms with van der Waals surface area (Å²) >= 11 is 9.98. The van der Waals surface area contributed by atoms with E-state index in [1.807, 2.05) is 24.3 Å². The average Bonchev–Trinajstić information content (AvgIpc) is 2.55. The molecule has 1 amide bonds. The second-order valence-corrected chi connectivity index (χ2v) is 8.14. The van der Waals surface area contributed by atoms with Crippen molar-refractivity contribution in [2.75, 3.05) is 32.8 Å². The lowest BCUT2D eigenvalue weighted by Gasteiger charge is -2.38. The van der Waals surface area contributed by atoms with Gasteiger partial charge in [0.1, 0.15) is 4.32 Å². The molecule has 1 N–H and O–H groups in total. The quantitative estimate of drug-likeness (QED) is 0.771. The van der Waals surface area contributed by atoms with E-state index in [1.54, 1.807) is 0 Å². The summed E-state index contributed by atoms with van der Waals surface area (Å²) in [5.41, 5.74) is 1.06. The molecule has 1 aliphatic carbocycles. The lowest BCUT2D eigenvalue weighted by Crippen LogP contribution is -2.50. The van der Waals surface area contributed by atoms with Crippen molar-refractivity contribution in [2.24, 2.45) is 0 Å². The highest BCUT2D eigenvalue weighted by Gasteiger charge is 2.41. The molecule has 23 heavy (non-hydrogen) atoms. The van der Waals surface area contributed by atoms with E-state index < -0.39 is 0 Å². The van der Waals surface area contributed by atoms with Crippen LogP contribution >= 0.6 is 27.5 Å². The van der Waals surface area contributed by atoms with Crippen LogP contribution in [0.25, 0.3) is 0 Å². The first-order chi connectivity index (χ1) is 11.1. The van der Waals surface area contributed by atoms with Crippen LogP contribution in [0.3, 0.4) is 0 Å². The molecule has 1 aromatic rings. The van der Waals surface area contributed by atoms with Gasteiger partial charge in [0.25, 0.3) is 0 Å². The van der Waals surface area contributed by atoms with Gasteiger partial charge in [-0.2, -0.15) is 0 Å². The van der Waals surface area contributed by atoms with Gasteiger partial charge in [-0.1, -0.05) is 45.7 Å². The Hall–Kier alpha value is -0.620. The maximum atomic E-state index is 12.4. The predicted octanol–water partition coefficient (Wildman–Crippen LogP) is 3.15. The molecule has 1 saturated heterocycles. The van der Waals surface area contributed by atoms with E-state index in [-0.39, 0.29) is 16.3 Å². The van der Waals surface area contributed by atoms with E-state index in [2.05, 4.69) is 26.1 Å². The molecular weight excluding hydrogens is 380 g/mol. The number of amides is 1. The number of nitrogens with zero attached hydrogens (tertiary/aromatic N) is 1. The van der Waals surface area contributed by atoms with Crippen molar-refractivity contribution in [3.63, 3.8) is 0 Å². The van der Waals surface area contributed by atoms with Gasteiger partial charge in [-0.3, -0.25) is 9.69 Å². The first-order valence-electron chi connectivity index (χ1n) is 8.14. The molecule has 1 aliphatic heterocycles. The molecule has 0 aromatic heterocycles. The van der Waals surface area contributed by atoms with Crippen molar-refractivity contribution in [1.29, 1.82) is 0 Å². The van der Waals surface area contributed by atoms with Gasteiger partial charge >= 0.3 is 0 Å². The largest absolute Gasteiger partial charge is 0.379 e. The van der Waals surface area contributed by atoms with Gasteiger partial charge in [0.2, 0.25) is 5.91 Å². The summed E-state index contributed by atoms with van der Waals surface area (Å²) in [5, 5.41) is 3.87. The Balaban J connectivity index is 1.72. The number of hydrogen-bond acceptors (Lipinski definition) is 3. The second-order valence-electron chi connectivity index (χ2n) is 6.21. The summed E-state index contributed by atoms with van der Waals surface area (Å²) in [6, 6.07) is 7.95. The highest BCUT2D eigenvalue weighted by atomic mass is 79.9. The fraction of sp³-hybridized carbons (Fsp3) is 0.588. The number of hydrogen-bond donors (Lipinski definition) is 1. The summed E-state index contributed by atoms with van der Waals surface area (Å²) in [6.07, 6.45) is 2.93. The van der Waals surface area contributed by atoms with Gasteiger partial charge in [0, 0.05) is 24.7 Å². The van der Waals surface area contributed by atoms with Crippen LogP contribution in [0.1, 0.15) is 30.9 Å². The number of morpholine rings is 1. The third-order valence-electron chi connectivity index (χ3n) is 4.76. The van der Waals surface area contributed by atoms with E-state index in [9.17, 15) is 4.79 Å². The molecule has 0 unspecified atom stereocenters. The summed E-state index contributed by atoms with van der Waals surface area (Å²) in [6.45, 7) is 3.71. The zero-order chi connectivity index (χ0) is 16.3. The molecule has 1 aromatic carbocycles. The Morgan fingerprint density at radius 1 is 1.35 bits per heavy atom. The molecule has 126 valence electrons. The molecule has 0 radical (unpaired) electrons. The lowest BCUT2D eigenvalue weighted by atomic mass is 9.84. The number of ether oxygens (including phenoxy) is 1. The minimum Gasteiger partial charge on any atom is -0.379 e. The van der Waals surface area contributed by atoms with Crippen molar-refractivity contribution >= 4 is 33.4 Å². The molecule has 3 rings (SSSR count). The normalized spacial score (nSPS) is 22.2. The standard InChI is InChI=1S/C17H22BrClN2O2/c18-17(6-3-7-17)16(22)20-12-15(21-8-10-23-11-9-21)13-4-1-2-5-14(13)19/h1-2,4-5,15H,3,6-12H2,(H,20,22)/t15-/m0/s1. The molecule has 2 fully saturated rings. The van der Waals surface area contributed by atoms with Gasteiger partial charge in [0.05, 0.1) is 19.3 Å². The molecular formula is C17H22BrClN2O2. The van der Waals surface area contributed by atoms with Gasteiger partial charge in [-0.05, 0) is 30.9 Å². The molecule has 0 spiro atoms. The van der Waals surface area contributed by atoms with Crippen LogP contribution in [-0.2, 0) is 9.53 Å². The SMILES string of the molecule is O=C(NC[C@@H](c1ccccc1Cl)N1CCOCC1)C1(Br)CCC1. The highest BCUT2D eigenvalue weighted by molar-refractivity contribution is 9.10. The van der Waals surface area contributed by atoms with Crippen molar-refractivity contribution in [3.8, 4) is 0 Å². The van der Waals surface area contributed by atoms with E-state index in [4.69, 9.17) is 16.3 Å². The third kappa shape index (κ3) is 3.90. The smallest absolute Gasteiger partial charge is 0.236 e. The zero-order valence-corrected chi connectivity index (χ0v) is 15.4. The van der Waals surface area contributed by atoms with Gasteiger partial charge in [-0.15, -0.1) is 0 Å². The number of carbonyl (C=O) groups is 1. The predicted molar refractivity (Wildman–Crippen MR) is 95.1 cm³/mol. The zero-order valence-electron chi connectivity index (χ0n) is 13.1. The summed E-state index contributed by atoms with van der Waals surface area (Å²) < 4.78 is 5.09. The Morgan fingerprint density at radius 2 is 2.04 bits per heavy atom. The topological polar surface area (TPSA) is 41.6 Å². The lowest BCUT2D eigenvalue weighted by molar-refractivity contribution is -0.125. The third-order valence-corrected chi connectivity index (χ3v) is 6.26. The highest BCUT2D eigenvalue weighted by Crippen LogP contribution is 2.40. The number of carbonyl (C=O) groups excluding carboxylic acids is 1. The summed E-state index contributed by atoms with van der Waals surface area (Å²) in [5.74, 6) is 0.0917. The van der Waals surface area contributed by atoms with E-state index >= 15 is 0 Å².